The van der Waals surface area contributed by atoms with Gasteiger partial charge < -0.3 is 4.57 Å². The average molecular weight is 793 g/mol. The van der Waals surface area contributed by atoms with Gasteiger partial charge in [-0.25, -0.2) is 0 Å². The molecule has 10 rings (SSSR count). The Morgan fingerprint density at radius 1 is 0.281 bits per heavy atom. The van der Waals surface area contributed by atoms with Crippen LogP contribution in [0.5, 0.6) is 0 Å². The third-order valence-electron chi connectivity index (χ3n) is 11.1. The predicted molar refractivity (Wildman–Crippen MR) is 245 cm³/mol. The van der Waals surface area contributed by atoms with Gasteiger partial charge in [0.05, 0.1) is 0 Å². The predicted octanol–water partition coefficient (Wildman–Crippen LogP) is 15.6. The second-order valence-electron chi connectivity index (χ2n) is 14.7. The van der Waals surface area contributed by atoms with E-state index in [2.05, 4.69) is 239 Å². The molecule has 0 N–H and O–H groups in total. The molecule has 0 unspecified atom stereocenters. The first-order valence-corrected chi connectivity index (χ1v) is 20.3. The molecule has 0 radical (unpaired) electrons. The molecule has 0 spiro atoms. The summed E-state index contributed by atoms with van der Waals surface area (Å²) in [7, 11) is 0. The van der Waals surface area contributed by atoms with Crippen LogP contribution in [-0.2, 0) is 6.54 Å². The van der Waals surface area contributed by atoms with Crippen molar-refractivity contribution in [2.75, 3.05) is 0 Å². The average Bonchev–Trinajstić information content (AvgIpc) is 3.59. The molecule has 0 aliphatic carbocycles. The van der Waals surface area contributed by atoms with Gasteiger partial charge >= 0.3 is 0 Å². The summed E-state index contributed by atoms with van der Waals surface area (Å²) in [5.41, 5.74) is 18.1. The van der Waals surface area contributed by atoms with E-state index in [0.717, 1.165) is 11.0 Å². The van der Waals surface area contributed by atoms with Crippen molar-refractivity contribution < 1.29 is 0 Å². The standard InChI is InChI=1S/C55H38BrN/c56-53-24-14-13-23-44(53)37-57-54-27-25-42(49-31-45(38-15-5-1-6-16-38)29-46(32-49)39-17-7-2-8-18-39)35-51(54)52-36-43(26-28-55(52)57)50-33-47(40-19-9-3-10-20-40)30-48(34-50)41-21-11-4-12-22-41/h1-36H,37H2. The van der Waals surface area contributed by atoms with Crippen LogP contribution in [0.25, 0.3) is 88.6 Å². The van der Waals surface area contributed by atoms with E-state index in [1.807, 2.05) is 0 Å². The van der Waals surface area contributed by atoms with E-state index >= 15 is 0 Å². The van der Waals surface area contributed by atoms with E-state index in [0.29, 0.717) is 0 Å². The summed E-state index contributed by atoms with van der Waals surface area (Å²) < 4.78 is 3.59. The molecule has 2 heteroatoms. The molecule has 0 aliphatic rings. The maximum atomic E-state index is 3.85. The lowest BCUT2D eigenvalue weighted by atomic mass is 9.92. The first-order chi connectivity index (χ1) is 28.1. The van der Waals surface area contributed by atoms with E-state index < -0.39 is 0 Å². The van der Waals surface area contributed by atoms with Crippen molar-refractivity contribution in [2.24, 2.45) is 0 Å². The largest absolute Gasteiger partial charge is 0.336 e. The summed E-state index contributed by atoms with van der Waals surface area (Å²) in [4.78, 5) is 0. The van der Waals surface area contributed by atoms with Gasteiger partial charge in [-0.3, -0.25) is 0 Å². The van der Waals surface area contributed by atoms with E-state index in [1.54, 1.807) is 0 Å². The molecule has 0 saturated heterocycles. The zero-order valence-corrected chi connectivity index (χ0v) is 32.9. The molecule has 0 aliphatic heterocycles. The lowest BCUT2D eigenvalue weighted by Gasteiger charge is -2.12. The van der Waals surface area contributed by atoms with Crippen molar-refractivity contribution >= 4 is 37.7 Å². The number of fused-ring (bicyclic) bond motifs is 3. The minimum Gasteiger partial charge on any atom is -0.336 e. The van der Waals surface area contributed by atoms with Crippen LogP contribution in [0.2, 0.25) is 0 Å². The Bertz CT molecular complexity index is 2720. The molecule has 0 saturated carbocycles. The molecule has 0 bridgehead atoms. The fraction of sp³-hybridized carbons (Fsp3) is 0.0182. The van der Waals surface area contributed by atoms with Gasteiger partial charge in [0.2, 0.25) is 0 Å². The first-order valence-electron chi connectivity index (χ1n) is 19.5. The summed E-state index contributed by atoms with van der Waals surface area (Å²) in [6.07, 6.45) is 0. The highest BCUT2D eigenvalue weighted by Crippen LogP contribution is 2.40. The monoisotopic (exact) mass is 791 g/mol. The van der Waals surface area contributed by atoms with Gasteiger partial charge in [-0.2, -0.15) is 0 Å². The summed E-state index contributed by atoms with van der Waals surface area (Å²) in [6.45, 7) is 0.753. The van der Waals surface area contributed by atoms with Gasteiger partial charge in [0.1, 0.15) is 0 Å². The fourth-order valence-corrected chi connectivity index (χ4v) is 8.62. The minimum absolute atomic E-state index is 0.753. The highest BCUT2D eigenvalue weighted by Gasteiger charge is 2.17. The summed E-state index contributed by atoms with van der Waals surface area (Å²) in [5, 5.41) is 2.48. The zero-order chi connectivity index (χ0) is 38.1. The van der Waals surface area contributed by atoms with Crippen LogP contribution in [0.3, 0.4) is 0 Å². The Labute approximate surface area is 342 Å². The zero-order valence-electron chi connectivity index (χ0n) is 31.3. The molecule has 0 amide bonds. The highest BCUT2D eigenvalue weighted by atomic mass is 79.9. The van der Waals surface area contributed by atoms with Gasteiger partial charge in [0.25, 0.3) is 0 Å². The second-order valence-corrected chi connectivity index (χ2v) is 15.6. The first kappa shape index (κ1) is 34.7. The lowest BCUT2D eigenvalue weighted by molar-refractivity contribution is 0.865. The summed E-state index contributed by atoms with van der Waals surface area (Å²) in [6, 6.07) is 79.5. The fourth-order valence-electron chi connectivity index (χ4n) is 8.21. The molecule has 1 aromatic heterocycles. The number of nitrogens with zero attached hydrogens (tertiary/aromatic N) is 1. The van der Waals surface area contributed by atoms with Gasteiger partial charge in [0, 0.05) is 32.8 Å². The van der Waals surface area contributed by atoms with Crippen LogP contribution in [0.4, 0.5) is 0 Å². The molecule has 1 nitrogen and oxygen atoms in total. The van der Waals surface area contributed by atoms with Crippen molar-refractivity contribution in [3.05, 3.63) is 228 Å². The van der Waals surface area contributed by atoms with Gasteiger partial charge in [-0.05, 0) is 139 Å². The SMILES string of the molecule is Brc1ccccc1Cn1c2ccc(-c3cc(-c4ccccc4)cc(-c4ccccc4)c3)cc2c2cc(-c3cc(-c4ccccc4)cc(-c4ccccc4)c3)ccc21. The Morgan fingerprint density at radius 3 is 0.947 bits per heavy atom. The van der Waals surface area contributed by atoms with Crippen molar-refractivity contribution in [1.29, 1.82) is 0 Å². The number of hydrogen-bond donors (Lipinski definition) is 0. The lowest BCUT2D eigenvalue weighted by Crippen LogP contribution is -2.00. The quantitative estimate of drug-likeness (QED) is 0.144. The van der Waals surface area contributed by atoms with E-state index in [4.69, 9.17) is 0 Å². The maximum Gasteiger partial charge on any atom is 0.0494 e. The van der Waals surface area contributed by atoms with Crippen LogP contribution >= 0.6 is 15.9 Å². The smallest absolute Gasteiger partial charge is 0.0494 e. The van der Waals surface area contributed by atoms with Crippen molar-refractivity contribution in [1.82, 2.24) is 4.57 Å². The number of hydrogen-bond acceptors (Lipinski definition) is 0. The third kappa shape index (κ3) is 6.90. The number of aromatic nitrogens is 1. The van der Waals surface area contributed by atoms with Crippen LogP contribution in [0.15, 0.2) is 223 Å². The van der Waals surface area contributed by atoms with Crippen LogP contribution in [0, 0.1) is 0 Å². The number of halogens is 1. The van der Waals surface area contributed by atoms with Crippen LogP contribution in [-0.4, -0.2) is 4.57 Å². The molecule has 57 heavy (non-hydrogen) atoms. The van der Waals surface area contributed by atoms with Gasteiger partial charge in [0.15, 0.2) is 0 Å². The van der Waals surface area contributed by atoms with Crippen molar-refractivity contribution in [3.63, 3.8) is 0 Å². The van der Waals surface area contributed by atoms with Gasteiger partial charge in [-0.1, -0.05) is 168 Å². The summed E-state index contributed by atoms with van der Waals surface area (Å²) >= 11 is 3.85. The second kappa shape index (κ2) is 15.1. The Morgan fingerprint density at radius 2 is 0.596 bits per heavy atom. The minimum atomic E-state index is 0.753. The molecule has 0 fully saturated rings. The molecular formula is C55H38BrN. The third-order valence-corrected chi connectivity index (χ3v) is 11.9. The van der Waals surface area contributed by atoms with Crippen molar-refractivity contribution in [2.45, 2.75) is 6.54 Å². The maximum absolute atomic E-state index is 3.85. The summed E-state index contributed by atoms with van der Waals surface area (Å²) in [5.74, 6) is 0. The number of benzene rings is 9. The van der Waals surface area contributed by atoms with Crippen LogP contribution in [0.1, 0.15) is 5.56 Å². The Hall–Kier alpha value is -6.74. The normalized spacial score (nSPS) is 11.3. The van der Waals surface area contributed by atoms with E-state index in [1.165, 1.54) is 94.1 Å². The number of rotatable bonds is 8. The van der Waals surface area contributed by atoms with Crippen molar-refractivity contribution in [3.8, 4) is 66.8 Å². The van der Waals surface area contributed by atoms with Gasteiger partial charge in [-0.15, -0.1) is 0 Å². The molecule has 9 aromatic carbocycles. The highest BCUT2D eigenvalue weighted by molar-refractivity contribution is 9.10. The Kier molecular flexibility index (Phi) is 9.18. The van der Waals surface area contributed by atoms with E-state index in [-0.39, 0.29) is 0 Å². The molecule has 0 atom stereocenters. The van der Waals surface area contributed by atoms with E-state index in [9.17, 15) is 0 Å². The Balaban J connectivity index is 1.18. The molecular weight excluding hydrogens is 755 g/mol. The molecule has 10 aromatic rings. The van der Waals surface area contributed by atoms with Crippen LogP contribution < -0.4 is 0 Å². The molecule has 270 valence electrons. The molecule has 1 heterocycles. The topological polar surface area (TPSA) is 4.93 Å².